The van der Waals surface area contributed by atoms with Crippen molar-refractivity contribution >= 4 is 24.3 Å². The van der Waals surface area contributed by atoms with Crippen LogP contribution in [0, 0.1) is 0 Å². The lowest BCUT2D eigenvalue weighted by molar-refractivity contribution is -0.167. The molecule has 0 rings (SSSR count). The van der Waals surface area contributed by atoms with E-state index in [1.165, 1.54) is 0 Å². The van der Waals surface area contributed by atoms with Crippen molar-refractivity contribution in [1.29, 1.82) is 0 Å². The summed E-state index contributed by atoms with van der Waals surface area (Å²) in [7, 11) is 3.99. The highest BCUT2D eigenvalue weighted by molar-refractivity contribution is 5.85. The molecule has 0 bridgehead atoms. The Morgan fingerprint density at radius 2 is 1.61 bits per heavy atom. The van der Waals surface area contributed by atoms with Crippen LogP contribution in [0.3, 0.4) is 0 Å². The summed E-state index contributed by atoms with van der Waals surface area (Å²) in [6, 6.07) is 0. The molecule has 0 saturated heterocycles. The summed E-state index contributed by atoms with van der Waals surface area (Å²) >= 11 is 0. The average molecular weight is 283 g/mol. The molecule has 0 aromatic rings. The smallest absolute Gasteiger partial charge is 0.305 e. The number of carbonyl (C=O) groups excluding carboxylic acids is 1. The number of rotatable bonds is 9. The van der Waals surface area contributed by atoms with Gasteiger partial charge in [-0.1, -0.05) is 6.42 Å². The van der Waals surface area contributed by atoms with Gasteiger partial charge in [0.15, 0.2) is 0 Å². The second-order valence-electron chi connectivity index (χ2n) is 4.27. The van der Waals surface area contributed by atoms with E-state index in [1.54, 1.807) is 0 Å². The van der Waals surface area contributed by atoms with Crippen molar-refractivity contribution in [3.8, 4) is 0 Å². The van der Waals surface area contributed by atoms with Crippen LogP contribution in [0.2, 0.25) is 0 Å². The van der Waals surface area contributed by atoms with E-state index in [0.717, 1.165) is 25.8 Å². The van der Waals surface area contributed by atoms with E-state index in [0.29, 0.717) is 5.06 Å². The minimum Gasteiger partial charge on any atom is -0.481 e. The van der Waals surface area contributed by atoms with E-state index in [9.17, 15) is 14.8 Å². The third-order valence-corrected chi connectivity index (χ3v) is 2.32. The molecule has 0 aliphatic heterocycles. The lowest BCUT2D eigenvalue weighted by Crippen LogP contribution is -2.29. The SMILES string of the molecule is CN(C)CCCCCC(=O)N(O)CCC(=O)O.Cl. The first-order valence-corrected chi connectivity index (χ1v) is 5.79. The fraction of sp³-hybridized carbons (Fsp3) is 0.818. The molecule has 0 radical (unpaired) electrons. The van der Waals surface area contributed by atoms with Crippen LogP contribution in [-0.2, 0) is 9.59 Å². The molecule has 108 valence electrons. The monoisotopic (exact) mass is 282 g/mol. The summed E-state index contributed by atoms with van der Waals surface area (Å²) in [5.41, 5.74) is 0. The van der Waals surface area contributed by atoms with Gasteiger partial charge in [0, 0.05) is 6.42 Å². The number of hydrogen-bond donors (Lipinski definition) is 2. The molecule has 0 fully saturated rings. The molecule has 0 saturated carbocycles. The molecule has 0 heterocycles. The average Bonchev–Trinajstić information content (AvgIpc) is 2.24. The van der Waals surface area contributed by atoms with Crippen molar-refractivity contribution in [2.24, 2.45) is 0 Å². The zero-order chi connectivity index (χ0) is 13.3. The fourth-order valence-electron chi connectivity index (χ4n) is 1.34. The summed E-state index contributed by atoms with van der Waals surface area (Å²) in [4.78, 5) is 23.6. The van der Waals surface area contributed by atoms with Gasteiger partial charge >= 0.3 is 5.97 Å². The molecular formula is C11H23ClN2O4. The Bertz CT molecular complexity index is 249. The first kappa shape index (κ1) is 19.5. The topological polar surface area (TPSA) is 81.1 Å². The van der Waals surface area contributed by atoms with E-state index in [1.807, 2.05) is 14.1 Å². The Morgan fingerprint density at radius 1 is 1.00 bits per heavy atom. The maximum absolute atomic E-state index is 11.3. The molecule has 2 N–H and O–H groups in total. The number of aliphatic carboxylic acids is 1. The number of carbonyl (C=O) groups is 2. The number of carboxylic acids is 1. The van der Waals surface area contributed by atoms with Crippen LogP contribution in [0.5, 0.6) is 0 Å². The molecule has 0 spiro atoms. The van der Waals surface area contributed by atoms with Crippen LogP contribution in [0.15, 0.2) is 0 Å². The third-order valence-electron chi connectivity index (χ3n) is 2.32. The predicted molar refractivity (Wildman–Crippen MR) is 70.0 cm³/mol. The van der Waals surface area contributed by atoms with Gasteiger partial charge in [-0.2, -0.15) is 0 Å². The van der Waals surface area contributed by atoms with Crippen LogP contribution in [0.4, 0.5) is 0 Å². The summed E-state index contributed by atoms with van der Waals surface area (Å²) in [5, 5.41) is 18.1. The molecule has 18 heavy (non-hydrogen) atoms. The highest BCUT2D eigenvalue weighted by atomic mass is 35.5. The molecule has 6 nitrogen and oxygen atoms in total. The number of amides is 1. The van der Waals surface area contributed by atoms with Crippen molar-refractivity contribution in [3.05, 3.63) is 0 Å². The van der Waals surface area contributed by atoms with E-state index >= 15 is 0 Å². The number of hydrogen-bond acceptors (Lipinski definition) is 4. The largest absolute Gasteiger partial charge is 0.481 e. The van der Waals surface area contributed by atoms with Gasteiger partial charge in [0.05, 0.1) is 13.0 Å². The van der Waals surface area contributed by atoms with Crippen molar-refractivity contribution in [2.75, 3.05) is 27.2 Å². The Balaban J connectivity index is 0. The van der Waals surface area contributed by atoms with Crippen LogP contribution in [-0.4, -0.2) is 59.3 Å². The van der Waals surface area contributed by atoms with Gasteiger partial charge in [0.2, 0.25) is 5.91 Å². The van der Waals surface area contributed by atoms with E-state index in [-0.39, 0.29) is 31.8 Å². The predicted octanol–water partition coefficient (Wildman–Crippen LogP) is 1.22. The number of nitrogens with zero attached hydrogens (tertiary/aromatic N) is 2. The standard InChI is InChI=1S/C11H22N2O4.ClH/c1-12(2)8-5-3-4-6-10(14)13(17)9-7-11(15)16;/h17H,3-9H2,1-2H3,(H,15,16);1H. The number of halogens is 1. The normalized spacial score (nSPS) is 10.0. The highest BCUT2D eigenvalue weighted by Gasteiger charge is 2.11. The lowest BCUT2D eigenvalue weighted by atomic mass is 10.2. The summed E-state index contributed by atoms with van der Waals surface area (Å²) < 4.78 is 0. The van der Waals surface area contributed by atoms with Crippen molar-refractivity contribution in [3.63, 3.8) is 0 Å². The minimum atomic E-state index is -1.03. The summed E-state index contributed by atoms with van der Waals surface area (Å²) in [6.45, 7) is 0.835. The highest BCUT2D eigenvalue weighted by Crippen LogP contribution is 2.03. The lowest BCUT2D eigenvalue weighted by Gasteiger charge is -2.13. The van der Waals surface area contributed by atoms with Crippen LogP contribution < -0.4 is 0 Å². The zero-order valence-electron chi connectivity index (χ0n) is 11.0. The van der Waals surface area contributed by atoms with Gasteiger partial charge in [-0.3, -0.25) is 14.8 Å². The molecule has 1 amide bonds. The Morgan fingerprint density at radius 3 is 2.11 bits per heavy atom. The first-order valence-electron chi connectivity index (χ1n) is 5.79. The van der Waals surface area contributed by atoms with E-state index < -0.39 is 11.9 Å². The maximum atomic E-state index is 11.3. The molecule has 0 aliphatic carbocycles. The number of unbranched alkanes of at least 4 members (excludes halogenated alkanes) is 2. The molecule has 0 aromatic carbocycles. The maximum Gasteiger partial charge on any atom is 0.305 e. The molecule has 0 unspecified atom stereocenters. The second kappa shape index (κ2) is 11.3. The van der Waals surface area contributed by atoms with Gasteiger partial charge in [-0.15, -0.1) is 12.4 Å². The van der Waals surface area contributed by atoms with Crippen LogP contribution in [0.1, 0.15) is 32.1 Å². The van der Waals surface area contributed by atoms with Gasteiger partial charge < -0.3 is 10.0 Å². The van der Waals surface area contributed by atoms with Crippen molar-refractivity contribution in [2.45, 2.75) is 32.1 Å². The first-order chi connectivity index (χ1) is 7.93. The van der Waals surface area contributed by atoms with E-state index in [2.05, 4.69) is 4.90 Å². The summed E-state index contributed by atoms with van der Waals surface area (Å²) in [6.07, 6.45) is 2.70. The quantitative estimate of drug-likeness (QED) is 0.378. The van der Waals surface area contributed by atoms with Crippen molar-refractivity contribution < 1.29 is 19.9 Å². The Hall–Kier alpha value is -0.850. The van der Waals surface area contributed by atoms with Gasteiger partial charge in [-0.25, -0.2) is 5.06 Å². The molecule has 0 aromatic heterocycles. The fourth-order valence-corrected chi connectivity index (χ4v) is 1.34. The zero-order valence-corrected chi connectivity index (χ0v) is 11.8. The van der Waals surface area contributed by atoms with Gasteiger partial charge in [0.25, 0.3) is 0 Å². The van der Waals surface area contributed by atoms with Crippen LogP contribution in [0.25, 0.3) is 0 Å². The van der Waals surface area contributed by atoms with E-state index in [4.69, 9.17) is 5.11 Å². The Kier molecular flexibility index (Phi) is 12.2. The number of carboxylic acid groups (broad SMARTS) is 1. The Labute approximate surface area is 114 Å². The summed E-state index contributed by atoms with van der Waals surface area (Å²) in [5.74, 6) is -1.43. The molecule has 0 aliphatic rings. The van der Waals surface area contributed by atoms with Crippen molar-refractivity contribution in [1.82, 2.24) is 9.96 Å². The second-order valence-corrected chi connectivity index (χ2v) is 4.27. The van der Waals surface area contributed by atoms with Gasteiger partial charge in [0.1, 0.15) is 0 Å². The molecular weight excluding hydrogens is 260 g/mol. The molecule has 0 atom stereocenters. The third kappa shape index (κ3) is 11.6. The number of hydroxylamine groups is 2. The van der Waals surface area contributed by atoms with Crippen LogP contribution >= 0.6 is 12.4 Å². The van der Waals surface area contributed by atoms with Gasteiger partial charge in [-0.05, 0) is 33.5 Å². The molecule has 7 heteroatoms. The minimum absolute atomic E-state index is 0.